The highest BCUT2D eigenvalue weighted by Gasteiger charge is 2.05. The van der Waals surface area contributed by atoms with Crippen molar-refractivity contribution in [2.45, 2.75) is 0 Å². The second-order valence-electron chi connectivity index (χ2n) is 4.29. The lowest BCUT2D eigenvalue weighted by molar-refractivity contribution is 0.0601. The van der Waals surface area contributed by atoms with E-state index in [0.717, 1.165) is 11.1 Å². The summed E-state index contributed by atoms with van der Waals surface area (Å²) >= 11 is 5.83. The highest BCUT2D eigenvalue weighted by Crippen LogP contribution is 2.20. The second kappa shape index (κ2) is 6.74. The Labute approximate surface area is 128 Å². The molecule has 2 aromatic rings. The maximum Gasteiger partial charge on any atom is 0.337 e. The molecule has 0 saturated carbocycles. The molecule has 0 fully saturated rings. The highest BCUT2D eigenvalue weighted by atomic mass is 35.5. The first-order valence-electron chi connectivity index (χ1n) is 6.20. The number of esters is 1. The number of ether oxygens (including phenoxy) is 1. The van der Waals surface area contributed by atoms with Crippen molar-refractivity contribution in [3.63, 3.8) is 0 Å². The fourth-order valence-corrected chi connectivity index (χ4v) is 1.94. The van der Waals surface area contributed by atoms with Crippen molar-refractivity contribution in [3.8, 4) is 6.07 Å². The van der Waals surface area contributed by atoms with E-state index >= 15 is 0 Å². The molecule has 0 amide bonds. The van der Waals surface area contributed by atoms with Crippen LogP contribution >= 0.6 is 11.6 Å². The van der Waals surface area contributed by atoms with E-state index in [0.29, 0.717) is 16.2 Å². The number of hydrogen-bond donors (Lipinski definition) is 0. The van der Waals surface area contributed by atoms with Crippen LogP contribution in [0.25, 0.3) is 11.6 Å². The largest absolute Gasteiger partial charge is 0.465 e. The van der Waals surface area contributed by atoms with E-state index in [4.69, 9.17) is 11.6 Å². The molecule has 4 heteroatoms. The average molecular weight is 298 g/mol. The van der Waals surface area contributed by atoms with Crippen LogP contribution in [0, 0.1) is 11.3 Å². The van der Waals surface area contributed by atoms with E-state index in [1.54, 1.807) is 54.6 Å². The van der Waals surface area contributed by atoms with Crippen molar-refractivity contribution in [3.05, 3.63) is 70.2 Å². The van der Waals surface area contributed by atoms with Gasteiger partial charge in [-0.15, -0.1) is 0 Å². The number of nitriles is 1. The van der Waals surface area contributed by atoms with E-state index in [9.17, 15) is 10.1 Å². The first-order valence-corrected chi connectivity index (χ1v) is 6.58. The molecule has 0 aliphatic rings. The number of halogens is 1. The molecule has 3 nitrogen and oxygen atoms in total. The Kier molecular flexibility index (Phi) is 4.76. The molecular weight excluding hydrogens is 286 g/mol. The maximum atomic E-state index is 11.4. The maximum absolute atomic E-state index is 11.4. The van der Waals surface area contributed by atoms with Gasteiger partial charge < -0.3 is 4.74 Å². The number of methoxy groups -OCH3 is 1. The van der Waals surface area contributed by atoms with E-state index in [-0.39, 0.29) is 5.97 Å². The van der Waals surface area contributed by atoms with E-state index in [2.05, 4.69) is 10.8 Å². The summed E-state index contributed by atoms with van der Waals surface area (Å²) in [5, 5.41) is 9.89. The summed E-state index contributed by atoms with van der Waals surface area (Å²) in [7, 11) is 1.34. The fourth-order valence-electron chi connectivity index (χ4n) is 1.81. The number of rotatable bonds is 3. The van der Waals surface area contributed by atoms with Crippen molar-refractivity contribution in [1.82, 2.24) is 0 Å². The van der Waals surface area contributed by atoms with Crippen LogP contribution in [-0.2, 0) is 4.74 Å². The van der Waals surface area contributed by atoms with Gasteiger partial charge in [-0.2, -0.15) is 5.26 Å². The second-order valence-corrected chi connectivity index (χ2v) is 4.73. The first kappa shape index (κ1) is 14.8. The third kappa shape index (κ3) is 3.71. The molecule has 0 unspecified atom stereocenters. The van der Waals surface area contributed by atoms with Crippen molar-refractivity contribution in [2.24, 2.45) is 0 Å². The van der Waals surface area contributed by atoms with Crippen molar-refractivity contribution >= 4 is 29.2 Å². The summed E-state index contributed by atoms with van der Waals surface area (Å²) in [4.78, 5) is 11.4. The monoisotopic (exact) mass is 297 g/mol. The molecule has 0 N–H and O–H groups in total. The van der Waals surface area contributed by atoms with Crippen LogP contribution in [0.3, 0.4) is 0 Å². The van der Waals surface area contributed by atoms with Crippen molar-refractivity contribution in [1.29, 1.82) is 5.26 Å². The van der Waals surface area contributed by atoms with Gasteiger partial charge in [0.05, 0.1) is 24.3 Å². The van der Waals surface area contributed by atoms with Crippen LogP contribution in [0.5, 0.6) is 0 Å². The summed E-state index contributed by atoms with van der Waals surface area (Å²) < 4.78 is 4.64. The van der Waals surface area contributed by atoms with Crippen molar-refractivity contribution in [2.75, 3.05) is 7.11 Å². The van der Waals surface area contributed by atoms with Crippen LogP contribution in [0.15, 0.2) is 48.5 Å². The number of benzene rings is 2. The Hall–Kier alpha value is -2.57. The molecular formula is C17H12ClNO2. The zero-order valence-corrected chi connectivity index (χ0v) is 12.1. The van der Waals surface area contributed by atoms with Crippen LogP contribution in [0.2, 0.25) is 5.02 Å². The summed E-state index contributed by atoms with van der Waals surface area (Å²) in [6, 6.07) is 16.1. The Morgan fingerprint density at radius 2 is 1.67 bits per heavy atom. The molecule has 0 radical (unpaired) electrons. The van der Waals surface area contributed by atoms with Gasteiger partial charge in [-0.1, -0.05) is 35.9 Å². The predicted octanol–water partition coefficient (Wildman–Crippen LogP) is 4.19. The molecule has 0 aliphatic heterocycles. The minimum absolute atomic E-state index is 0.385. The molecule has 0 aromatic heterocycles. The van der Waals surface area contributed by atoms with Crippen LogP contribution in [-0.4, -0.2) is 13.1 Å². The number of hydrogen-bond acceptors (Lipinski definition) is 3. The van der Waals surface area contributed by atoms with Gasteiger partial charge in [-0.25, -0.2) is 4.79 Å². The zero-order valence-electron chi connectivity index (χ0n) is 11.3. The van der Waals surface area contributed by atoms with Gasteiger partial charge in [0.2, 0.25) is 0 Å². The summed E-state index contributed by atoms with van der Waals surface area (Å²) in [5.74, 6) is -0.385. The molecule has 0 aliphatic carbocycles. The quantitative estimate of drug-likeness (QED) is 0.485. The SMILES string of the molecule is COC(=O)c1ccc(C=C(C#N)c2ccc(Cl)cc2)cc1. The molecule has 0 atom stereocenters. The Bertz CT molecular complexity index is 710. The van der Waals surface area contributed by atoms with Gasteiger partial charge in [-0.3, -0.25) is 0 Å². The van der Waals surface area contributed by atoms with E-state index in [1.807, 2.05) is 0 Å². The van der Waals surface area contributed by atoms with Gasteiger partial charge >= 0.3 is 5.97 Å². The predicted molar refractivity (Wildman–Crippen MR) is 82.7 cm³/mol. The highest BCUT2D eigenvalue weighted by molar-refractivity contribution is 6.30. The van der Waals surface area contributed by atoms with Gasteiger partial charge in [0.15, 0.2) is 0 Å². The number of allylic oxidation sites excluding steroid dienone is 1. The van der Waals surface area contributed by atoms with Gasteiger partial charge in [0.1, 0.15) is 0 Å². The van der Waals surface area contributed by atoms with E-state index < -0.39 is 0 Å². The zero-order chi connectivity index (χ0) is 15.2. The van der Waals surface area contributed by atoms with Gasteiger partial charge in [0, 0.05) is 5.02 Å². The molecule has 0 saturated heterocycles. The molecule has 0 spiro atoms. The summed E-state index contributed by atoms with van der Waals surface area (Å²) in [6.45, 7) is 0. The average Bonchev–Trinajstić information content (AvgIpc) is 2.53. The molecule has 104 valence electrons. The van der Waals surface area contributed by atoms with Gasteiger partial charge in [0.25, 0.3) is 0 Å². The third-order valence-corrected chi connectivity index (χ3v) is 3.17. The molecule has 21 heavy (non-hydrogen) atoms. The topological polar surface area (TPSA) is 50.1 Å². The smallest absolute Gasteiger partial charge is 0.337 e. The molecule has 2 rings (SSSR count). The third-order valence-electron chi connectivity index (χ3n) is 2.92. The van der Waals surface area contributed by atoms with Crippen LogP contribution < -0.4 is 0 Å². The number of carbonyl (C=O) groups excluding carboxylic acids is 1. The lowest BCUT2D eigenvalue weighted by atomic mass is 10.0. The summed E-state index contributed by atoms with van der Waals surface area (Å²) in [5.41, 5.74) is 2.62. The Morgan fingerprint density at radius 1 is 1.10 bits per heavy atom. The van der Waals surface area contributed by atoms with Crippen LogP contribution in [0.4, 0.5) is 0 Å². The van der Waals surface area contributed by atoms with Gasteiger partial charge in [-0.05, 0) is 41.5 Å². The standard InChI is InChI=1S/C17H12ClNO2/c1-21-17(20)14-4-2-12(3-5-14)10-15(11-19)13-6-8-16(18)9-7-13/h2-10H,1H3. The number of nitrogens with zero attached hydrogens (tertiary/aromatic N) is 1. The molecule has 0 bridgehead atoms. The lowest BCUT2D eigenvalue weighted by Crippen LogP contribution is -2.00. The fraction of sp³-hybridized carbons (Fsp3) is 0.0588. The summed E-state index contributed by atoms with van der Waals surface area (Å²) in [6.07, 6.45) is 1.75. The minimum Gasteiger partial charge on any atom is -0.465 e. The van der Waals surface area contributed by atoms with Crippen LogP contribution in [0.1, 0.15) is 21.5 Å². The Morgan fingerprint density at radius 3 is 2.19 bits per heavy atom. The van der Waals surface area contributed by atoms with E-state index in [1.165, 1.54) is 7.11 Å². The van der Waals surface area contributed by atoms with Crippen molar-refractivity contribution < 1.29 is 9.53 Å². The first-order chi connectivity index (χ1) is 10.1. The number of carbonyl (C=O) groups is 1. The Balaban J connectivity index is 2.30. The molecule has 2 aromatic carbocycles. The lowest BCUT2D eigenvalue weighted by Gasteiger charge is -2.02. The normalized spacial score (nSPS) is 10.8. The molecule has 0 heterocycles. The minimum atomic E-state index is -0.385.